The second kappa shape index (κ2) is 16.3. The minimum absolute atomic E-state index is 0.00785. The summed E-state index contributed by atoms with van der Waals surface area (Å²) in [7, 11) is 0. The molecule has 0 spiro atoms. The SMILES string of the molecule is CC1CCC(c2ccc(O)cc2)(c2ccc(O)cc2)CC1.Oc1ccc(C2(c3ccc(O)cc3)CCCCCCCCCCC2)cc1. The average molecular weight is 635 g/mol. The molecule has 0 aliphatic heterocycles. The quantitative estimate of drug-likeness (QED) is 0.180. The van der Waals surface area contributed by atoms with Gasteiger partial charge in [0, 0.05) is 10.8 Å². The second-order valence-electron chi connectivity index (χ2n) is 14.2. The molecule has 0 heterocycles. The predicted molar refractivity (Wildman–Crippen MR) is 192 cm³/mol. The van der Waals surface area contributed by atoms with Crippen LogP contribution in [0.4, 0.5) is 0 Å². The molecule has 2 aliphatic carbocycles. The third-order valence-corrected chi connectivity index (χ3v) is 11.0. The fourth-order valence-corrected chi connectivity index (χ4v) is 8.08. The average Bonchev–Trinajstić information content (AvgIpc) is 3.08. The smallest absolute Gasteiger partial charge is 0.115 e. The molecule has 0 radical (unpaired) electrons. The summed E-state index contributed by atoms with van der Waals surface area (Å²) in [5, 5.41) is 38.6. The Balaban J connectivity index is 0.000000189. The number of benzene rings is 4. The van der Waals surface area contributed by atoms with Crippen molar-refractivity contribution in [1.82, 2.24) is 0 Å². The van der Waals surface area contributed by atoms with Gasteiger partial charge < -0.3 is 20.4 Å². The molecule has 4 aromatic rings. The number of hydrogen-bond donors (Lipinski definition) is 4. The van der Waals surface area contributed by atoms with Gasteiger partial charge in [-0.3, -0.25) is 0 Å². The fraction of sp³-hybridized carbons (Fsp3) is 0.442. The van der Waals surface area contributed by atoms with Gasteiger partial charge in [-0.05, 0) is 115 Å². The minimum Gasteiger partial charge on any atom is -0.508 e. The summed E-state index contributed by atoms with van der Waals surface area (Å²) >= 11 is 0. The maximum Gasteiger partial charge on any atom is 0.115 e. The van der Waals surface area contributed by atoms with Gasteiger partial charge in [-0.1, -0.05) is 113 Å². The number of aromatic hydroxyl groups is 4. The zero-order valence-corrected chi connectivity index (χ0v) is 28.2. The van der Waals surface area contributed by atoms with E-state index in [2.05, 4.69) is 31.2 Å². The lowest BCUT2D eigenvalue weighted by Gasteiger charge is -2.40. The van der Waals surface area contributed by atoms with Gasteiger partial charge in [0.15, 0.2) is 0 Å². The summed E-state index contributed by atoms with van der Waals surface area (Å²) in [5.74, 6) is 2.03. The van der Waals surface area contributed by atoms with Gasteiger partial charge in [0.25, 0.3) is 0 Å². The van der Waals surface area contributed by atoms with E-state index < -0.39 is 0 Å². The molecule has 0 atom stereocenters. The molecule has 4 heteroatoms. The Morgan fingerprint density at radius 2 is 0.596 bits per heavy atom. The highest BCUT2D eigenvalue weighted by molar-refractivity contribution is 5.44. The maximum absolute atomic E-state index is 9.76. The van der Waals surface area contributed by atoms with Crippen LogP contribution >= 0.6 is 0 Å². The third kappa shape index (κ3) is 8.71. The van der Waals surface area contributed by atoms with Crippen molar-refractivity contribution in [2.75, 3.05) is 0 Å². The molecule has 4 aromatic carbocycles. The number of hydrogen-bond acceptors (Lipinski definition) is 4. The molecule has 4 nitrogen and oxygen atoms in total. The number of phenolic OH excluding ortho intramolecular Hbond substituents is 4. The van der Waals surface area contributed by atoms with Gasteiger partial charge in [0.05, 0.1) is 0 Å². The molecule has 6 rings (SSSR count). The molecule has 250 valence electrons. The highest BCUT2D eigenvalue weighted by atomic mass is 16.3. The molecule has 47 heavy (non-hydrogen) atoms. The van der Waals surface area contributed by atoms with Crippen LogP contribution in [0.1, 0.15) is 125 Å². The van der Waals surface area contributed by atoms with Crippen LogP contribution in [0.25, 0.3) is 0 Å². The Labute approximate surface area is 282 Å². The van der Waals surface area contributed by atoms with Gasteiger partial charge in [-0.15, -0.1) is 0 Å². The zero-order chi connectivity index (χ0) is 33.1. The first-order valence-corrected chi connectivity index (χ1v) is 18.0. The van der Waals surface area contributed by atoms with Crippen molar-refractivity contribution in [1.29, 1.82) is 0 Å². The first kappa shape index (κ1) is 34.4. The molecule has 4 N–H and O–H groups in total. The summed E-state index contributed by atoms with van der Waals surface area (Å²) in [6, 6.07) is 30.9. The van der Waals surface area contributed by atoms with Crippen molar-refractivity contribution in [3.8, 4) is 23.0 Å². The minimum atomic E-state index is -0.0272. The largest absolute Gasteiger partial charge is 0.508 e. The summed E-state index contributed by atoms with van der Waals surface area (Å²) < 4.78 is 0. The normalized spacial score (nSPS) is 18.9. The van der Waals surface area contributed by atoms with E-state index in [1.54, 1.807) is 24.3 Å². The number of rotatable bonds is 4. The lowest BCUT2D eigenvalue weighted by Crippen LogP contribution is -2.32. The van der Waals surface area contributed by atoms with E-state index in [0.29, 0.717) is 23.0 Å². The second-order valence-corrected chi connectivity index (χ2v) is 14.2. The first-order valence-electron chi connectivity index (χ1n) is 18.0. The van der Waals surface area contributed by atoms with E-state index in [1.165, 1.54) is 92.9 Å². The van der Waals surface area contributed by atoms with Crippen LogP contribution < -0.4 is 0 Å². The van der Waals surface area contributed by atoms with Crippen LogP contribution in [0.15, 0.2) is 97.1 Å². The van der Waals surface area contributed by atoms with E-state index in [9.17, 15) is 20.4 Å². The van der Waals surface area contributed by atoms with Crippen molar-refractivity contribution in [3.63, 3.8) is 0 Å². The highest BCUT2D eigenvalue weighted by Crippen LogP contribution is 2.47. The van der Waals surface area contributed by atoms with Gasteiger partial charge in [0.1, 0.15) is 23.0 Å². The van der Waals surface area contributed by atoms with E-state index in [-0.39, 0.29) is 10.8 Å². The monoisotopic (exact) mass is 634 g/mol. The van der Waals surface area contributed by atoms with Crippen LogP contribution in [-0.4, -0.2) is 20.4 Å². The fourth-order valence-electron chi connectivity index (χ4n) is 8.08. The van der Waals surface area contributed by atoms with Crippen molar-refractivity contribution in [2.45, 2.75) is 114 Å². The van der Waals surface area contributed by atoms with Crippen LogP contribution in [0.5, 0.6) is 23.0 Å². The molecule has 0 bridgehead atoms. The van der Waals surface area contributed by atoms with E-state index in [0.717, 1.165) is 31.6 Å². The van der Waals surface area contributed by atoms with Gasteiger partial charge in [-0.25, -0.2) is 0 Å². The Bertz CT molecular complexity index is 1370. The van der Waals surface area contributed by atoms with E-state index in [1.807, 2.05) is 48.5 Å². The topological polar surface area (TPSA) is 80.9 Å². The summed E-state index contributed by atoms with van der Waals surface area (Å²) in [4.78, 5) is 0. The van der Waals surface area contributed by atoms with E-state index in [4.69, 9.17) is 0 Å². The van der Waals surface area contributed by atoms with Crippen molar-refractivity contribution in [3.05, 3.63) is 119 Å². The molecule has 2 saturated carbocycles. The Morgan fingerprint density at radius 3 is 0.872 bits per heavy atom. The Morgan fingerprint density at radius 1 is 0.362 bits per heavy atom. The van der Waals surface area contributed by atoms with Gasteiger partial charge >= 0.3 is 0 Å². The van der Waals surface area contributed by atoms with Crippen LogP contribution in [0, 0.1) is 5.92 Å². The lowest BCUT2D eigenvalue weighted by atomic mass is 9.63. The molecule has 0 aromatic heterocycles. The zero-order valence-electron chi connectivity index (χ0n) is 28.2. The van der Waals surface area contributed by atoms with Crippen molar-refractivity contribution >= 4 is 0 Å². The Kier molecular flexibility index (Phi) is 11.9. The third-order valence-electron chi connectivity index (χ3n) is 11.0. The molecule has 2 aliphatic rings. The Hall–Kier alpha value is -3.92. The van der Waals surface area contributed by atoms with Gasteiger partial charge in [0.2, 0.25) is 0 Å². The molecule has 0 saturated heterocycles. The molecule has 2 fully saturated rings. The maximum atomic E-state index is 9.76. The summed E-state index contributed by atoms with van der Waals surface area (Å²) in [6.45, 7) is 2.32. The highest BCUT2D eigenvalue weighted by Gasteiger charge is 2.37. The molecule has 0 amide bonds. The first-order chi connectivity index (χ1) is 22.8. The van der Waals surface area contributed by atoms with Crippen LogP contribution in [0.2, 0.25) is 0 Å². The number of phenols is 4. The lowest BCUT2D eigenvalue weighted by molar-refractivity contribution is 0.280. The van der Waals surface area contributed by atoms with Crippen LogP contribution in [-0.2, 0) is 10.8 Å². The standard InChI is InChI=1S/C24H32O2.C19H22O2/c25-22-14-10-20(11-15-22)24(21-12-16-23(26)17-13-21)18-8-6-4-2-1-3-5-7-9-19-24;1-14-10-12-19(13-11-14,15-2-6-17(20)7-3-15)16-4-8-18(21)9-5-16/h10-17,25-26H,1-9,18-19H2;2-9,14,20-21H,10-13H2,1H3. The predicted octanol–water partition coefficient (Wildman–Crippen LogP) is 11.3. The molecule has 0 unspecified atom stereocenters. The van der Waals surface area contributed by atoms with Crippen molar-refractivity contribution in [2.24, 2.45) is 5.92 Å². The summed E-state index contributed by atoms with van der Waals surface area (Å²) in [5.41, 5.74) is 5.08. The van der Waals surface area contributed by atoms with Crippen molar-refractivity contribution < 1.29 is 20.4 Å². The summed E-state index contributed by atoms with van der Waals surface area (Å²) in [6.07, 6.45) is 18.7. The molecular weight excluding hydrogens is 580 g/mol. The molecular formula is C43H54O4. The van der Waals surface area contributed by atoms with Gasteiger partial charge in [-0.2, -0.15) is 0 Å². The van der Waals surface area contributed by atoms with E-state index >= 15 is 0 Å². The van der Waals surface area contributed by atoms with Crippen LogP contribution in [0.3, 0.4) is 0 Å².